The third-order valence-electron chi connectivity index (χ3n) is 4.55. The molecule has 5 nitrogen and oxygen atoms in total. The molecular weight excluding hydrogens is 290 g/mol. The van der Waals surface area contributed by atoms with Gasteiger partial charge in [0.2, 0.25) is 11.8 Å². The van der Waals surface area contributed by atoms with Gasteiger partial charge in [0.25, 0.3) is 0 Å². The fourth-order valence-electron chi connectivity index (χ4n) is 3.27. The van der Waals surface area contributed by atoms with Crippen molar-refractivity contribution in [3.8, 4) is 0 Å². The van der Waals surface area contributed by atoms with Crippen molar-refractivity contribution in [3.05, 3.63) is 29.3 Å². The van der Waals surface area contributed by atoms with Crippen molar-refractivity contribution in [1.82, 2.24) is 4.90 Å². The Morgan fingerprint density at radius 1 is 1.22 bits per heavy atom. The largest absolute Gasteiger partial charge is 0.368 e. The molecule has 1 atom stereocenters. The molecule has 1 aliphatic heterocycles. The van der Waals surface area contributed by atoms with E-state index in [1.54, 1.807) is 0 Å². The molecule has 0 unspecified atom stereocenters. The maximum absolute atomic E-state index is 12.5. The van der Waals surface area contributed by atoms with E-state index < -0.39 is 0 Å². The van der Waals surface area contributed by atoms with Crippen LogP contribution in [0.4, 0.5) is 5.69 Å². The van der Waals surface area contributed by atoms with Gasteiger partial charge in [0.05, 0.1) is 12.6 Å². The van der Waals surface area contributed by atoms with Crippen LogP contribution < -0.4 is 11.1 Å². The van der Waals surface area contributed by atoms with Gasteiger partial charge in [-0.3, -0.25) is 14.5 Å². The Hall–Kier alpha value is -1.88. The lowest BCUT2D eigenvalue weighted by atomic mass is 10.0. The second-order valence-corrected chi connectivity index (χ2v) is 6.09. The summed E-state index contributed by atoms with van der Waals surface area (Å²) >= 11 is 0. The number of anilines is 1. The Balaban J connectivity index is 2.09. The lowest BCUT2D eigenvalue weighted by Crippen LogP contribution is -2.50. The molecule has 0 aromatic heterocycles. The summed E-state index contributed by atoms with van der Waals surface area (Å²) in [6.45, 7) is 5.13. The highest BCUT2D eigenvalue weighted by atomic mass is 16.2. The molecule has 0 bridgehead atoms. The highest BCUT2D eigenvalue weighted by molar-refractivity contribution is 5.94. The monoisotopic (exact) mass is 317 g/mol. The first-order chi connectivity index (χ1) is 11.1. The lowest BCUT2D eigenvalue weighted by molar-refractivity contribution is -0.126. The number of amides is 2. The molecule has 126 valence electrons. The van der Waals surface area contributed by atoms with Crippen LogP contribution in [0.1, 0.15) is 44.2 Å². The van der Waals surface area contributed by atoms with Gasteiger partial charge >= 0.3 is 0 Å². The maximum Gasteiger partial charge on any atom is 0.238 e. The van der Waals surface area contributed by atoms with Crippen molar-refractivity contribution in [2.24, 2.45) is 5.73 Å². The van der Waals surface area contributed by atoms with Gasteiger partial charge in [0.15, 0.2) is 0 Å². The molecule has 0 radical (unpaired) electrons. The third-order valence-corrected chi connectivity index (χ3v) is 4.55. The molecule has 0 spiro atoms. The van der Waals surface area contributed by atoms with Crippen LogP contribution in [0.3, 0.4) is 0 Å². The number of hydrogen-bond donors (Lipinski definition) is 2. The van der Waals surface area contributed by atoms with Crippen molar-refractivity contribution in [3.63, 3.8) is 0 Å². The molecule has 1 aromatic rings. The zero-order valence-electron chi connectivity index (χ0n) is 14.1. The number of piperidine rings is 1. The number of aryl methyl sites for hydroxylation is 2. The molecule has 1 saturated heterocycles. The summed E-state index contributed by atoms with van der Waals surface area (Å²) in [6.07, 6.45) is 4.48. The minimum atomic E-state index is -0.333. The van der Waals surface area contributed by atoms with Crippen LogP contribution in [-0.2, 0) is 22.4 Å². The molecule has 2 rings (SSSR count). The van der Waals surface area contributed by atoms with Gasteiger partial charge in [-0.25, -0.2) is 0 Å². The first-order valence-electron chi connectivity index (χ1n) is 8.50. The number of carbonyl (C=O) groups excluding carboxylic acids is 2. The normalized spacial score (nSPS) is 18.6. The fourth-order valence-corrected chi connectivity index (χ4v) is 3.27. The van der Waals surface area contributed by atoms with Crippen LogP contribution in [0.15, 0.2) is 18.2 Å². The van der Waals surface area contributed by atoms with Crippen molar-refractivity contribution in [2.75, 3.05) is 18.4 Å². The van der Waals surface area contributed by atoms with E-state index in [2.05, 4.69) is 19.2 Å². The molecule has 1 fully saturated rings. The van der Waals surface area contributed by atoms with Crippen LogP contribution >= 0.6 is 0 Å². The molecule has 3 N–H and O–H groups in total. The number of para-hydroxylation sites is 1. The summed E-state index contributed by atoms with van der Waals surface area (Å²) in [5.41, 5.74) is 8.67. The topological polar surface area (TPSA) is 75.4 Å². The second-order valence-electron chi connectivity index (χ2n) is 6.09. The van der Waals surface area contributed by atoms with Crippen molar-refractivity contribution in [1.29, 1.82) is 0 Å². The van der Waals surface area contributed by atoms with Crippen molar-refractivity contribution >= 4 is 17.5 Å². The first kappa shape index (κ1) is 17.5. The summed E-state index contributed by atoms with van der Waals surface area (Å²) in [7, 11) is 0. The molecule has 2 amide bonds. The zero-order chi connectivity index (χ0) is 16.8. The van der Waals surface area contributed by atoms with E-state index in [-0.39, 0.29) is 24.4 Å². The summed E-state index contributed by atoms with van der Waals surface area (Å²) in [6, 6.07) is 5.80. The smallest absolute Gasteiger partial charge is 0.238 e. The highest BCUT2D eigenvalue weighted by Gasteiger charge is 2.28. The van der Waals surface area contributed by atoms with E-state index in [4.69, 9.17) is 5.73 Å². The number of primary amides is 1. The maximum atomic E-state index is 12.5. The summed E-state index contributed by atoms with van der Waals surface area (Å²) in [5.74, 6) is -0.408. The van der Waals surface area contributed by atoms with Crippen LogP contribution in [0.5, 0.6) is 0 Å². The summed E-state index contributed by atoms with van der Waals surface area (Å²) in [4.78, 5) is 25.9. The van der Waals surface area contributed by atoms with Crippen molar-refractivity contribution in [2.45, 2.75) is 52.0 Å². The predicted octanol–water partition coefficient (Wildman–Crippen LogP) is 2.09. The van der Waals surface area contributed by atoms with Crippen molar-refractivity contribution < 1.29 is 9.59 Å². The average Bonchev–Trinajstić information content (AvgIpc) is 2.55. The standard InChI is InChI=1S/C18H27N3O2/c1-3-13-8-7-9-14(4-2)17(13)20-16(22)12-21-11-6-5-10-15(21)18(19)23/h7-9,15H,3-6,10-12H2,1-2H3,(H2,19,23)(H,20,22)/t15-/m0/s1. The van der Waals surface area contributed by atoms with Crippen LogP contribution in [0.2, 0.25) is 0 Å². The Labute approximate surface area is 138 Å². The zero-order valence-corrected chi connectivity index (χ0v) is 14.1. The van der Waals surface area contributed by atoms with E-state index in [0.29, 0.717) is 0 Å². The Bertz CT molecular complexity index is 549. The minimum Gasteiger partial charge on any atom is -0.368 e. The van der Waals surface area contributed by atoms with Gasteiger partial charge in [-0.15, -0.1) is 0 Å². The van der Waals surface area contributed by atoms with Crippen LogP contribution in [0, 0.1) is 0 Å². The molecule has 23 heavy (non-hydrogen) atoms. The number of rotatable bonds is 6. The summed E-state index contributed by atoms with van der Waals surface area (Å²) in [5, 5.41) is 3.06. The number of nitrogens with two attached hydrogens (primary N) is 1. The van der Waals surface area contributed by atoms with E-state index in [9.17, 15) is 9.59 Å². The number of nitrogens with zero attached hydrogens (tertiary/aromatic N) is 1. The molecular formula is C18H27N3O2. The number of likely N-dealkylation sites (tertiary alicyclic amines) is 1. The van der Waals surface area contributed by atoms with Gasteiger partial charge in [0.1, 0.15) is 0 Å². The predicted molar refractivity (Wildman–Crippen MR) is 92.2 cm³/mol. The average molecular weight is 317 g/mol. The van der Waals surface area contributed by atoms with E-state index in [1.165, 1.54) is 0 Å². The molecule has 1 heterocycles. The fraction of sp³-hybridized carbons (Fsp3) is 0.556. The minimum absolute atomic E-state index is 0.0752. The Morgan fingerprint density at radius 3 is 2.43 bits per heavy atom. The summed E-state index contributed by atoms with van der Waals surface area (Å²) < 4.78 is 0. The quantitative estimate of drug-likeness (QED) is 0.843. The van der Waals surface area contributed by atoms with Gasteiger partial charge in [-0.1, -0.05) is 38.5 Å². The number of benzene rings is 1. The number of carbonyl (C=O) groups is 2. The Kier molecular flexibility index (Phi) is 6.16. The molecule has 0 saturated carbocycles. The van der Waals surface area contributed by atoms with E-state index in [1.807, 2.05) is 23.1 Å². The number of nitrogens with one attached hydrogen (secondary N) is 1. The highest BCUT2D eigenvalue weighted by Crippen LogP contribution is 2.23. The first-order valence-corrected chi connectivity index (χ1v) is 8.50. The number of hydrogen-bond acceptors (Lipinski definition) is 3. The van der Waals surface area contributed by atoms with Gasteiger partial charge in [0, 0.05) is 5.69 Å². The van der Waals surface area contributed by atoms with Crippen LogP contribution in [-0.4, -0.2) is 35.8 Å². The van der Waals surface area contributed by atoms with E-state index in [0.717, 1.165) is 55.5 Å². The molecule has 5 heteroatoms. The molecule has 1 aliphatic rings. The van der Waals surface area contributed by atoms with Gasteiger partial charge in [-0.05, 0) is 43.4 Å². The third kappa shape index (κ3) is 4.32. The van der Waals surface area contributed by atoms with E-state index >= 15 is 0 Å². The SMILES string of the molecule is CCc1cccc(CC)c1NC(=O)CN1CCCC[C@H]1C(N)=O. The second kappa shape index (κ2) is 8.11. The Morgan fingerprint density at radius 2 is 1.87 bits per heavy atom. The molecule has 0 aliphatic carbocycles. The van der Waals surface area contributed by atoms with Crippen LogP contribution in [0.25, 0.3) is 0 Å². The van der Waals surface area contributed by atoms with Gasteiger partial charge < -0.3 is 11.1 Å². The molecule has 1 aromatic carbocycles. The van der Waals surface area contributed by atoms with Gasteiger partial charge in [-0.2, -0.15) is 0 Å². The lowest BCUT2D eigenvalue weighted by Gasteiger charge is -2.33.